The lowest BCUT2D eigenvalue weighted by atomic mass is 10.2. The van der Waals surface area contributed by atoms with Crippen molar-refractivity contribution in [3.63, 3.8) is 0 Å². The minimum absolute atomic E-state index is 0.135. The van der Waals surface area contributed by atoms with Crippen LogP contribution in [0.15, 0.2) is 11.0 Å². The maximum absolute atomic E-state index is 13.0. The van der Waals surface area contributed by atoms with Crippen LogP contribution in [0.3, 0.4) is 0 Å². The molecule has 28 heavy (non-hydrogen) atoms. The molecule has 4 atom stereocenters. The number of nitrogen functional groups attached to an aromatic ring is 1. The van der Waals surface area contributed by atoms with Gasteiger partial charge in [-0.25, -0.2) is 9.46 Å². The minimum Gasteiger partial charge on any atom is -0.383 e. The number of ether oxygens (including phenoxy) is 1. The van der Waals surface area contributed by atoms with Crippen molar-refractivity contribution in [2.24, 2.45) is 0 Å². The van der Waals surface area contributed by atoms with Gasteiger partial charge in [0.2, 0.25) is 0 Å². The van der Waals surface area contributed by atoms with Crippen LogP contribution in [0.1, 0.15) is 32.6 Å². The van der Waals surface area contributed by atoms with E-state index in [1.807, 2.05) is 0 Å². The molecule has 2 N–H and O–H groups in total. The highest BCUT2D eigenvalue weighted by Gasteiger charge is 2.36. The molecule has 1 aliphatic heterocycles. The maximum Gasteiger partial charge on any atom is 0.351 e. The van der Waals surface area contributed by atoms with Crippen LogP contribution < -0.4 is 11.4 Å². The molecule has 0 saturated carbocycles. The smallest absolute Gasteiger partial charge is 0.351 e. The van der Waals surface area contributed by atoms with Crippen molar-refractivity contribution in [2.75, 3.05) is 39.5 Å². The Morgan fingerprint density at radius 2 is 2.07 bits per heavy atom. The van der Waals surface area contributed by atoms with E-state index in [0.29, 0.717) is 18.7 Å². The quantitative estimate of drug-likeness (QED) is 0.496. The zero-order valence-corrected chi connectivity index (χ0v) is 19.2. The van der Waals surface area contributed by atoms with E-state index in [-0.39, 0.29) is 24.6 Å². The lowest BCUT2D eigenvalue weighted by Crippen LogP contribution is -2.51. The van der Waals surface area contributed by atoms with Gasteiger partial charge in [-0.15, -0.1) is 0 Å². The Hall–Kier alpha value is -0.900. The molecule has 1 aromatic rings. The van der Waals surface area contributed by atoms with Crippen LogP contribution in [-0.2, 0) is 13.8 Å². The van der Waals surface area contributed by atoms with Crippen LogP contribution in [0.25, 0.3) is 0 Å². The van der Waals surface area contributed by atoms with Crippen LogP contribution in [0.4, 0.5) is 5.82 Å². The van der Waals surface area contributed by atoms with Crippen molar-refractivity contribution in [1.82, 2.24) is 19.1 Å². The monoisotopic (exact) mass is 433 g/mol. The summed E-state index contributed by atoms with van der Waals surface area (Å²) in [5.74, 6) is 0.215. The normalized spacial score (nSPS) is 24.5. The molecule has 2 unspecified atom stereocenters. The molecule has 2 rings (SSSR count). The molecule has 1 aromatic heterocycles. The van der Waals surface area contributed by atoms with E-state index >= 15 is 0 Å². The number of thiol groups is 1. The molecule has 0 aromatic carbocycles. The average Bonchev–Trinajstić information content (AvgIpc) is 2.61. The number of aromatic nitrogens is 2. The SMILES string of the molecule is Cc1cn([C@H]2CN(C(C)C)C[C@@H](COP(=O)(C(C)S)N(C)C)O2)c(=O)nc1N. The number of anilines is 1. The zero-order chi connectivity index (χ0) is 21.2. The van der Waals surface area contributed by atoms with Crippen LogP contribution in [0.5, 0.6) is 0 Å². The molecule has 9 nitrogen and oxygen atoms in total. The van der Waals surface area contributed by atoms with Crippen LogP contribution >= 0.6 is 20.1 Å². The Kier molecular flexibility index (Phi) is 7.75. The predicted octanol–water partition coefficient (Wildman–Crippen LogP) is 1.79. The van der Waals surface area contributed by atoms with Crippen molar-refractivity contribution in [3.05, 3.63) is 22.2 Å². The van der Waals surface area contributed by atoms with Gasteiger partial charge in [0.05, 0.1) is 17.7 Å². The summed E-state index contributed by atoms with van der Waals surface area (Å²) in [4.78, 5) is 18.0. The number of rotatable bonds is 7. The molecular weight excluding hydrogens is 401 g/mol. The highest BCUT2D eigenvalue weighted by atomic mass is 32.1. The lowest BCUT2D eigenvalue weighted by molar-refractivity contribution is -0.139. The number of hydrogen-bond acceptors (Lipinski definition) is 8. The second-order valence-electron chi connectivity index (χ2n) is 7.60. The summed E-state index contributed by atoms with van der Waals surface area (Å²) in [6, 6.07) is 0.247. The Labute approximate surface area is 172 Å². The van der Waals surface area contributed by atoms with E-state index in [0.717, 1.165) is 0 Å². The summed E-state index contributed by atoms with van der Waals surface area (Å²) in [7, 11) is 0.331. The van der Waals surface area contributed by atoms with Gasteiger partial charge in [0, 0.05) is 30.9 Å². The first-order valence-electron chi connectivity index (χ1n) is 9.30. The number of nitrogens with zero attached hydrogens (tertiary/aromatic N) is 4. The lowest BCUT2D eigenvalue weighted by Gasteiger charge is -2.41. The van der Waals surface area contributed by atoms with Gasteiger partial charge < -0.3 is 15.0 Å². The van der Waals surface area contributed by atoms with Crippen molar-refractivity contribution < 1.29 is 13.8 Å². The highest BCUT2D eigenvalue weighted by Crippen LogP contribution is 2.55. The van der Waals surface area contributed by atoms with E-state index in [2.05, 4.69) is 36.4 Å². The van der Waals surface area contributed by atoms with E-state index in [9.17, 15) is 9.36 Å². The third kappa shape index (κ3) is 5.17. The standard InChI is InChI=1S/C17H32N5O4PS/c1-11(2)21-8-14(10-25-27(24,13(4)28)20(5)6)26-15(9-21)22-7-12(3)16(18)19-17(22)23/h7,11,13-15,28H,8-10H2,1-6H3,(H2,18,19,23)/t13?,14-,15+,27?/m0/s1. The molecule has 160 valence electrons. The summed E-state index contributed by atoms with van der Waals surface area (Å²) in [6.45, 7) is 8.98. The van der Waals surface area contributed by atoms with Gasteiger partial charge in [0.15, 0.2) is 6.23 Å². The summed E-state index contributed by atoms with van der Waals surface area (Å²) in [5, 5.41) is 0. The topological polar surface area (TPSA) is 103 Å². The molecule has 0 amide bonds. The van der Waals surface area contributed by atoms with Gasteiger partial charge >= 0.3 is 5.69 Å². The zero-order valence-electron chi connectivity index (χ0n) is 17.4. The van der Waals surface area contributed by atoms with E-state index in [1.165, 1.54) is 4.57 Å². The number of nitrogens with two attached hydrogens (primary N) is 1. The van der Waals surface area contributed by atoms with E-state index in [1.54, 1.807) is 38.8 Å². The molecule has 0 aliphatic carbocycles. The van der Waals surface area contributed by atoms with Gasteiger partial charge in [0.1, 0.15) is 5.82 Å². The third-order valence-electron chi connectivity index (χ3n) is 4.87. The van der Waals surface area contributed by atoms with Crippen LogP contribution in [-0.4, -0.2) is 70.0 Å². The molecule has 0 bridgehead atoms. The van der Waals surface area contributed by atoms with Gasteiger partial charge in [-0.05, 0) is 41.8 Å². The first-order chi connectivity index (χ1) is 13.0. The van der Waals surface area contributed by atoms with Gasteiger partial charge in [-0.3, -0.25) is 14.0 Å². The van der Waals surface area contributed by atoms with Gasteiger partial charge in [-0.2, -0.15) is 17.6 Å². The van der Waals surface area contributed by atoms with E-state index in [4.69, 9.17) is 15.0 Å². The summed E-state index contributed by atoms with van der Waals surface area (Å²) in [6.07, 6.45) is 0.778. The molecule has 1 saturated heterocycles. The average molecular weight is 434 g/mol. The van der Waals surface area contributed by atoms with Crippen LogP contribution in [0.2, 0.25) is 0 Å². The highest BCUT2D eigenvalue weighted by molar-refractivity contribution is 7.90. The third-order valence-corrected chi connectivity index (χ3v) is 8.32. The first-order valence-corrected chi connectivity index (χ1v) is 11.5. The fourth-order valence-corrected chi connectivity index (χ4v) is 5.36. The number of hydrogen-bond donors (Lipinski definition) is 2. The van der Waals surface area contributed by atoms with Crippen molar-refractivity contribution in [3.8, 4) is 0 Å². The number of morpholine rings is 1. The first kappa shape index (κ1) is 23.4. The second-order valence-corrected chi connectivity index (χ2v) is 11.7. The molecule has 0 spiro atoms. The minimum atomic E-state index is -3.09. The molecule has 2 heterocycles. The molecule has 1 fully saturated rings. The van der Waals surface area contributed by atoms with Crippen molar-refractivity contribution in [1.29, 1.82) is 0 Å². The molecule has 1 aliphatic rings. The molecule has 11 heteroatoms. The Balaban J connectivity index is 2.23. The fourth-order valence-electron chi connectivity index (χ4n) is 3.04. The number of aryl methyl sites for hydroxylation is 1. The van der Waals surface area contributed by atoms with Gasteiger partial charge in [-0.1, -0.05) is 0 Å². The van der Waals surface area contributed by atoms with Crippen molar-refractivity contribution >= 4 is 26.0 Å². The fraction of sp³-hybridized carbons (Fsp3) is 0.765. The van der Waals surface area contributed by atoms with E-state index < -0.39 is 24.4 Å². The Morgan fingerprint density at radius 1 is 1.43 bits per heavy atom. The molecule has 0 radical (unpaired) electrons. The summed E-state index contributed by atoms with van der Waals surface area (Å²) < 4.78 is 28.0. The Morgan fingerprint density at radius 3 is 2.61 bits per heavy atom. The summed E-state index contributed by atoms with van der Waals surface area (Å²) in [5.41, 5.74) is 5.99. The maximum atomic E-state index is 13.0. The largest absolute Gasteiger partial charge is 0.383 e. The Bertz CT molecular complexity index is 773. The van der Waals surface area contributed by atoms with Crippen molar-refractivity contribution in [2.45, 2.75) is 51.1 Å². The molecular formula is C17H32N5O4PS. The second kappa shape index (κ2) is 9.28. The summed E-state index contributed by atoms with van der Waals surface area (Å²) >= 11 is 4.33. The van der Waals surface area contributed by atoms with Gasteiger partial charge in [0.25, 0.3) is 7.52 Å². The predicted molar refractivity (Wildman–Crippen MR) is 114 cm³/mol. The van der Waals surface area contributed by atoms with Crippen LogP contribution in [0, 0.1) is 6.92 Å².